The molecule has 0 saturated carbocycles. The number of hydrogen-bond acceptors (Lipinski definition) is 5. The molecule has 0 bridgehead atoms. The average molecular weight is 324 g/mol. The number of thioether (sulfide) groups is 1. The van der Waals surface area contributed by atoms with Crippen LogP contribution in [0, 0.1) is 10.1 Å². The predicted octanol–water partition coefficient (Wildman–Crippen LogP) is 4.37. The van der Waals surface area contributed by atoms with Gasteiger partial charge in [-0.25, -0.2) is 4.98 Å². The van der Waals surface area contributed by atoms with Gasteiger partial charge >= 0.3 is 0 Å². The third-order valence-electron chi connectivity index (χ3n) is 2.69. The summed E-state index contributed by atoms with van der Waals surface area (Å²) >= 11 is 7.52. The second-order valence-electron chi connectivity index (χ2n) is 4.22. The minimum atomic E-state index is -0.415. The van der Waals surface area contributed by atoms with Crippen molar-refractivity contribution in [2.75, 3.05) is 11.9 Å². The fourth-order valence-electron chi connectivity index (χ4n) is 1.71. The molecule has 5 nitrogen and oxygen atoms in total. The van der Waals surface area contributed by atoms with Crippen LogP contribution in [0.25, 0.3) is 0 Å². The summed E-state index contributed by atoms with van der Waals surface area (Å²) in [5.41, 5.74) is 1.00. The molecule has 21 heavy (non-hydrogen) atoms. The number of nitro groups is 1. The lowest BCUT2D eigenvalue weighted by atomic mass is 10.2. The van der Waals surface area contributed by atoms with E-state index in [9.17, 15) is 10.1 Å². The minimum Gasteiger partial charge on any atom is -0.370 e. The first-order valence-corrected chi connectivity index (χ1v) is 7.73. The summed E-state index contributed by atoms with van der Waals surface area (Å²) in [7, 11) is 0. The highest BCUT2D eigenvalue weighted by molar-refractivity contribution is 7.98. The van der Waals surface area contributed by atoms with Gasteiger partial charge in [-0.2, -0.15) is 0 Å². The summed E-state index contributed by atoms with van der Waals surface area (Å²) in [5, 5.41) is 15.2. The van der Waals surface area contributed by atoms with Crippen molar-refractivity contribution in [2.24, 2.45) is 0 Å². The van der Waals surface area contributed by atoms with E-state index in [1.807, 2.05) is 31.2 Å². The third-order valence-corrected chi connectivity index (χ3v) is 4.02. The standard InChI is InChI=1S/C14H14ClN3O2S/c1-2-16-13-7-11(18(19)20)8-14(17-13)21-9-10-5-3-4-6-12(10)15/h3-8H,2,9H2,1H3,(H,16,17). The van der Waals surface area contributed by atoms with E-state index in [-0.39, 0.29) is 5.69 Å². The van der Waals surface area contributed by atoms with Crippen LogP contribution in [0.4, 0.5) is 11.5 Å². The number of rotatable bonds is 6. The molecule has 1 aromatic carbocycles. The second-order valence-corrected chi connectivity index (χ2v) is 5.62. The zero-order valence-electron chi connectivity index (χ0n) is 11.4. The van der Waals surface area contributed by atoms with Gasteiger partial charge in [0.2, 0.25) is 0 Å². The van der Waals surface area contributed by atoms with Crippen molar-refractivity contribution >= 4 is 34.9 Å². The maximum atomic E-state index is 11.0. The Hall–Kier alpha value is -1.79. The predicted molar refractivity (Wildman–Crippen MR) is 86.1 cm³/mol. The van der Waals surface area contributed by atoms with Gasteiger partial charge in [-0.3, -0.25) is 10.1 Å². The van der Waals surface area contributed by atoms with E-state index < -0.39 is 4.92 Å². The largest absolute Gasteiger partial charge is 0.370 e. The van der Waals surface area contributed by atoms with Crippen LogP contribution in [0.2, 0.25) is 5.02 Å². The second kappa shape index (κ2) is 7.28. The van der Waals surface area contributed by atoms with E-state index in [4.69, 9.17) is 11.6 Å². The SMILES string of the molecule is CCNc1cc([N+](=O)[O-])cc(SCc2ccccc2Cl)n1. The maximum Gasteiger partial charge on any atom is 0.275 e. The van der Waals surface area contributed by atoms with E-state index in [0.717, 1.165) is 5.56 Å². The molecular formula is C14H14ClN3O2S. The molecule has 1 aromatic heterocycles. The van der Waals surface area contributed by atoms with Gasteiger partial charge in [0.15, 0.2) is 0 Å². The Morgan fingerprint density at radius 3 is 2.81 bits per heavy atom. The Morgan fingerprint density at radius 1 is 1.38 bits per heavy atom. The Morgan fingerprint density at radius 2 is 2.14 bits per heavy atom. The van der Waals surface area contributed by atoms with Crippen LogP contribution in [0.3, 0.4) is 0 Å². The lowest BCUT2D eigenvalue weighted by Gasteiger charge is -2.07. The molecule has 0 saturated heterocycles. The summed E-state index contributed by atoms with van der Waals surface area (Å²) in [4.78, 5) is 14.9. The molecule has 0 radical (unpaired) electrons. The number of benzene rings is 1. The van der Waals surface area contributed by atoms with Crippen molar-refractivity contribution < 1.29 is 4.92 Å². The van der Waals surface area contributed by atoms with Crippen LogP contribution in [-0.2, 0) is 5.75 Å². The van der Waals surface area contributed by atoms with Crippen molar-refractivity contribution in [1.82, 2.24) is 4.98 Å². The van der Waals surface area contributed by atoms with Gasteiger partial charge in [0.1, 0.15) is 10.8 Å². The first-order chi connectivity index (χ1) is 10.1. The summed E-state index contributed by atoms with van der Waals surface area (Å²) in [6, 6.07) is 10.4. The van der Waals surface area contributed by atoms with E-state index in [1.54, 1.807) is 0 Å². The Kier molecular flexibility index (Phi) is 5.41. The van der Waals surface area contributed by atoms with Crippen LogP contribution in [0.15, 0.2) is 41.4 Å². The number of nitrogens with zero attached hydrogens (tertiary/aromatic N) is 2. The Balaban J connectivity index is 2.19. The van der Waals surface area contributed by atoms with Gasteiger partial charge in [-0.1, -0.05) is 29.8 Å². The molecule has 0 unspecified atom stereocenters. The quantitative estimate of drug-likeness (QED) is 0.486. The van der Waals surface area contributed by atoms with Gasteiger partial charge in [-0.15, -0.1) is 11.8 Å². The van der Waals surface area contributed by atoms with Gasteiger partial charge < -0.3 is 5.32 Å². The van der Waals surface area contributed by atoms with Crippen molar-refractivity contribution in [3.8, 4) is 0 Å². The Labute approximate surface area is 131 Å². The third kappa shape index (κ3) is 4.34. The molecular weight excluding hydrogens is 310 g/mol. The van der Waals surface area contributed by atoms with Gasteiger partial charge in [-0.05, 0) is 18.6 Å². The number of halogens is 1. The number of aromatic nitrogens is 1. The van der Waals surface area contributed by atoms with Crippen LogP contribution in [0.5, 0.6) is 0 Å². The van der Waals surface area contributed by atoms with Crippen molar-refractivity contribution in [3.63, 3.8) is 0 Å². The molecule has 1 heterocycles. The molecule has 0 aliphatic heterocycles. The fourth-order valence-corrected chi connectivity index (χ4v) is 2.91. The lowest BCUT2D eigenvalue weighted by molar-refractivity contribution is -0.385. The van der Waals surface area contributed by atoms with E-state index in [2.05, 4.69) is 10.3 Å². The number of nitrogens with one attached hydrogen (secondary N) is 1. The fraction of sp³-hybridized carbons (Fsp3) is 0.214. The van der Waals surface area contributed by atoms with Crippen molar-refractivity contribution in [1.29, 1.82) is 0 Å². The number of pyridine rings is 1. The van der Waals surface area contributed by atoms with Crippen molar-refractivity contribution in [3.05, 3.63) is 57.1 Å². The normalized spacial score (nSPS) is 10.4. The number of anilines is 1. The first-order valence-electron chi connectivity index (χ1n) is 6.36. The molecule has 0 aliphatic rings. The zero-order chi connectivity index (χ0) is 15.2. The highest BCUT2D eigenvalue weighted by atomic mass is 35.5. The van der Waals surface area contributed by atoms with Gasteiger partial charge in [0.25, 0.3) is 5.69 Å². The zero-order valence-corrected chi connectivity index (χ0v) is 12.9. The maximum absolute atomic E-state index is 11.0. The first kappa shape index (κ1) is 15.6. The monoisotopic (exact) mass is 323 g/mol. The summed E-state index contributed by atoms with van der Waals surface area (Å²) in [6.07, 6.45) is 0. The molecule has 0 amide bonds. The highest BCUT2D eigenvalue weighted by Crippen LogP contribution is 2.29. The van der Waals surface area contributed by atoms with E-state index in [1.165, 1.54) is 23.9 Å². The minimum absolute atomic E-state index is 0.0302. The molecule has 7 heteroatoms. The molecule has 0 spiro atoms. The Bertz CT molecular complexity index is 652. The molecule has 0 atom stereocenters. The van der Waals surface area contributed by atoms with Gasteiger partial charge in [0, 0.05) is 23.4 Å². The van der Waals surface area contributed by atoms with Crippen molar-refractivity contribution in [2.45, 2.75) is 17.7 Å². The smallest absolute Gasteiger partial charge is 0.275 e. The highest BCUT2D eigenvalue weighted by Gasteiger charge is 2.12. The molecule has 0 aliphatic carbocycles. The molecule has 2 rings (SSSR count). The molecule has 110 valence electrons. The summed E-state index contributed by atoms with van der Waals surface area (Å²) in [6.45, 7) is 2.57. The molecule has 2 aromatic rings. The lowest BCUT2D eigenvalue weighted by Crippen LogP contribution is -2.01. The van der Waals surface area contributed by atoms with Crippen LogP contribution < -0.4 is 5.32 Å². The summed E-state index contributed by atoms with van der Waals surface area (Å²) < 4.78 is 0. The summed E-state index contributed by atoms with van der Waals surface area (Å²) in [5.74, 6) is 1.12. The van der Waals surface area contributed by atoms with Crippen LogP contribution in [0.1, 0.15) is 12.5 Å². The average Bonchev–Trinajstić information content (AvgIpc) is 2.46. The van der Waals surface area contributed by atoms with E-state index >= 15 is 0 Å². The van der Waals surface area contributed by atoms with Crippen LogP contribution in [-0.4, -0.2) is 16.5 Å². The topological polar surface area (TPSA) is 68.1 Å². The molecule has 1 N–H and O–H groups in total. The number of hydrogen-bond donors (Lipinski definition) is 1. The molecule has 0 fully saturated rings. The van der Waals surface area contributed by atoms with E-state index in [0.29, 0.717) is 28.2 Å². The van der Waals surface area contributed by atoms with Gasteiger partial charge in [0.05, 0.1) is 11.0 Å². The van der Waals surface area contributed by atoms with Crippen LogP contribution >= 0.6 is 23.4 Å².